The SMILES string of the molecule is Nc1cn2ccnc2c(NCCCc2ccccc2)n1. The number of fused-ring (bicyclic) bond motifs is 1. The molecule has 0 amide bonds. The zero-order valence-electron chi connectivity index (χ0n) is 11.2. The summed E-state index contributed by atoms with van der Waals surface area (Å²) in [6.07, 6.45) is 7.44. The number of hydrogen-bond donors (Lipinski definition) is 2. The van der Waals surface area contributed by atoms with Crippen LogP contribution in [0.15, 0.2) is 48.9 Å². The monoisotopic (exact) mass is 267 g/mol. The molecule has 0 atom stereocenters. The van der Waals surface area contributed by atoms with Crippen LogP contribution in [0.25, 0.3) is 5.65 Å². The number of nitrogen functional groups attached to an aromatic ring is 1. The van der Waals surface area contributed by atoms with Gasteiger partial charge in [0, 0.05) is 18.9 Å². The molecule has 3 rings (SSSR count). The standard InChI is InChI=1S/C15H17N5/c16-13-11-20-10-9-18-15(20)14(19-13)17-8-4-7-12-5-2-1-3-6-12/h1-3,5-6,9-11H,4,7-8,16H2,(H,17,19). The second kappa shape index (κ2) is 5.61. The van der Waals surface area contributed by atoms with E-state index in [1.54, 1.807) is 12.4 Å². The van der Waals surface area contributed by atoms with E-state index < -0.39 is 0 Å². The highest BCUT2D eigenvalue weighted by Crippen LogP contribution is 2.14. The molecule has 0 saturated carbocycles. The van der Waals surface area contributed by atoms with Gasteiger partial charge in [0.15, 0.2) is 11.5 Å². The Kier molecular flexibility index (Phi) is 3.50. The molecule has 0 radical (unpaired) electrons. The summed E-state index contributed by atoms with van der Waals surface area (Å²) in [4.78, 5) is 8.58. The Balaban J connectivity index is 1.61. The van der Waals surface area contributed by atoms with Gasteiger partial charge in [-0.25, -0.2) is 9.97 Å². The number of aromatic nitrogens is 3. The van der Waals surface area contributed by atoms with Gasteiger partial charge in [-0.3, -0.25) is 0 Å². The fourth-order valence-electron chi connectivity index (χ4n) is 2.21. The van der Waals surface area contributed by atoms with Gasteiger partial charge in [-0.2, -0.15) is 0 Å². The molecule has 3 aromatic rings. The smallest absolute Gasteiger partial charge is 0.180 e. The van der Waals surface area contributed by atoms with Crippen molar-refractivity contribution < 1.29 is 0 Å². The molecule has 1 aromatic carbocycles. The number of rotatable bonds is 5. The molecule has 0 saturated heterocycles. The fraction of sp³-hybridized carbons (Fsp3) is 0.200. The van der Waals surface area contributed by atoms with E-state index in [1.807, 2.05) is 16.7 Å². The lowest BCUT2D eigenvalue weighted by Gasteiger charge is -2.08. The molecule has 20 heavy (non-hydrogen) atoms. The van der Waals surface area contributed by atoms with Crippen molar-refractivity contribution in [3.8, 4) is 0 Å². The Morgan fingerprint density at radius 1 is 1.20 bits per heavy atom. The molecule has 0 aliphatic rings. The topological polar surface area (TPSA) is 68.2 Å². The van der Waals surface area contributed by atoms with Crippen molar-refractivity contribution >= 4 is 17.3 Å². The Morgan fingerprint density at radius 3 is 2.90 bits per heavy atom. The summed E-state index contributed by atoms with van der Waals surface area (Å²) in [5.41, 5.74) is 7.93. The van der Waals surface area contributed by atoms with E-state index in [1.165, 1.54) is 5.56 Å². The van der Waals surface area contributed by atoms with E-state index in [-0.39, 0.29) is 0 Å². The molecule has 3 N–H and O–H groups in total. The second-order valence-corrected chi connectivity index (χ2v) is 4.69. The van der Waals surface area contributed by atoms with E-state index in [4.69, 9.17) is 5.73 Å². The molecular formula is C15H17N5. The number of nitrogens with two attached hydrogens (primary N) is 1. The van der Waals surface area contributed by atoms with Crippen LogP contribution in [0.2, 0.25) is 0 Å². The first kappa shape index (κ1) is 12.5. The number of anilines is 2. The lowest BCUT2D eigenvalue weighted by Crippen LogP contribution is -2.08. The van der Waals surface area contributed by atoms with E-state index in [2.05, 4.69) is 39.6 Å². The number of aryl methyl sites for hydroxylation is 1. The van der Waals surface area contributed by atoms with Crippen molar-refractivity contribution in [2.45, 2.75) is 12.8 Å². The van der Waals surface area contributed by atoms with Crippen molar-refractivity contribution in [3.05, 3.63) is 54.5 Å². The van der Waals surface area contributed by atoms with Crippen LogP contribution in [-0.4, -0.2) is 20.9 Å². The van der Waals surface area contributed by atoms with Gasteiger partial charge in [-0.15, -0.1) is 0 Å². The van der Waals surface area contributed by atoms with Gasteiger partial charge in [-0.1, -0.05) is 30.3 Å². The number of benzene rings is 1. The number of imidazole rings is 1. The molecule has 102 valence electrons. The van der Waals surface area contributed by atoms with Crippen molar-refractivity contribution in [1.82, 2.24) is 14.4 Å². The van der Waals surface area contributed by atoms with Gasteiger partial charge in [0.1, 0.15) is 5.82 Å². The molecule has 2 aromatic heterocycles. The molecule has 0 fully saturated rings. The molecule has 5 heteroatoms. The Hall–Kier alpha value is -2.56. The molecular weight excluding hydrogens is 250 g/mol. The molecule has 0 spiro atoms. The third-order valence-electron chi connectivity index (χ3n) is 3.17. The quantitative estimate of drug-likeness (QED) is 0.696. The fourth-order valence-corrected chi connectivity index (χ4v) is 2.21. The van der Waals surface area contributed by atoms with Crippen LogP contribution in [0.3, 0.4) is 0 Å². The van der Waals surface area contributed by atoms with Gasteiger partial charge in [0.25, 0.3) is 0 Å². The summed E-state index contributed by atoms with van der Waals surface area (Å²) >= 11 is 0. The average Bonchev–Trinajstić information content (AvgIpc) is 2.92. The van der Waals surface area contributed by atoms with Crippen molar-refractivity contribution in [2.24, 2.45) is 0 Å². The molecule has 0 aliphatic carbocycles. The highest BCUT2D eigenvalue weighted by atomic mass is 15.1. The van der Waals surface area contributed by atoms with E-state index in [9.17, 15) is 0 Å². The third-order valence-corrected chi connectivity index (χ3v) is 3.17. The van der Waals surface area contributed by atoms with Crippen LogP contribution in [0.5, 0.6) is 0 Å². The summed E-state index contributed by atoms with van der Waals surface area (Å²) < 4.78 is 1.88. The van der Waals surface area contributed by atoms with Gasteiger partial charge >= 0.3 is 0 Å². The largest absolute Gasteiger partial charge is 0.382 e. The Bertz CT molecular complexity index is 690. The average molecular weight is 267 g/mol. The maximum absolute atomic E-state index is 5.78. The maximum atomic E-state index is 5.78. The molecule has 2 heterocycles. The van der Waals surface area contributed by atoms with Crippen molar-refractivity contribution in [3.63, 3.8) is 0 Å². The van der Waals surface area contributed by atoms with Gasteiger partial charge in [0.2, 0.25) is 0 Å². The van der Waals surface area contributed by atoms with Crippen LogP contribution in [0.1, 0.15) is 12.0 Å². The lowest BCUT2D eigenvalue weighted by molar-refractivity contribution is 0.858. The van der Waals surface area contributed by atoms with Crippen molar-refractivity contribution in [2.75, 3.05) is 17.6 Å². The number of nitrogens with one attached hydrogen (secondary N) is 1. The minimum Gasteiger partial charge on any atom is -0.382 e. The second-order valence-electron chi connectivity index (χ2n) is 4.69. The number of hydrogen-bond acceptors (Lipinski definition) is 4. The highest BCUT2D eigenvalue weighted by molar-refractivity contribution is 5.64. The van der Waals surface area contributed by atoms with Crippen LogP contribution in [-0.2, 0) is 6.42 Å². The molecule has 5 nitrogen and oxygen atoms in total. The highest BCUT2D eigenvalue weighted by Gasteiger charge is 2.05. The summed E-state index contributed by atoms with van der Waals surface area (Å²) in [7, 11) is 0. The molecule has 0 aliphatic heterocycles. The van der Waals surface area contributed by atoms with Gasteiger partial charge in [0.05, 0.1) is 6.20 Å². The van der Waals surface area contributed by atoms with E-state index >= 15 is 0 Å². The zero-order chi connectivity index (χ0) is 13.8. The van der Waals surface area contributed by atoms with E-state index in [0.717, 1.165) is 30.9 Å². The third kappa shape index (κ3) is 2.71. The minimum absolute atomic E-state index is 0.487. The van der Waals surface area contributed by atoms with Crippen molar-refractivity contribution in [1.29, 1.82) is 0 Å². The first-order valence-corrected chi connectivity index (χ1v) is 6.70. The summed E-state index contributed by atoms with van der Waals surface area (Å²) in [5, 5.41) is 3.31. The molecule has 0 unspecified atom stereocenters. The summed E-state index contributed by atoms with van der Waals surface area (Å²) in [5.74, 6) is 1.23. The van der Waals surface area contributed by atoms with Crippen LogP contribution in [0.4, 0.5) is 11.6 Å². The first-order chi connectivity index (χ1) is 9.83. The predicted octanol–water partition coefficient (Wildman–Crippen LogP) is 2.36. The molecule has 0 bridgehead atoms. The van der Waals surface area contributed by atoms with Crippen LogP contribution >= 0.6 is 0 Å². The minimum atomic E-state index is 0.487. The maximum Gasteiger partial charge on any atom is 0.180 e. The van der Waals surface area contributed by atoms with E-state index in [0.29, 0.717) is 5.82 Å². The Morgan fingerprint density at radius 2 is 2.05 bits per heavy atom. The summed E-state index contributed by atoms with van der Waals surface area (Å²) in [6, 6.07) is 10.5. The summed E-state index contributed by atoms with van der Waals surface area (Å²) in [6.45, 7) is 0.841. The lowest BCUT2D eigenvalue weighted by atomic mass is 10.1. The number of nitrogens with zero attached hydrogens (tertiary/aromatic N) is 3. The van der Waals surface area contributed by atoms with Crippen LogP contribution < -0.4 is 11.1 Å². The normalized spacial score (nSPS) is 10.8. The zero-order valence-corrected chi connectivity index (χ0v) is 11.2. The first-order valence-electron chi connectivity index (χ1n) is 6.70. The van der Waals surface area contributed by atoms with Crippen LogP contribution in [0, 0.1) is 0 Å². The Labute approximate surface area is 117 Å². The predicted molar refractivity (Wildman–Crippen MR) is 80.7 cm³/mol. The van der Waals surface area contributed by atoms with Gasteiger partial charge in [-0.05, 0) is 18.4 Å². The van der Waals surface area contributed by atoms with Gasteiger partial charge < -0.3 is 15.5 Å².